The number of hydrogen-bond acceptors (Lipinski definition) is 4. The van der Waals surface area contributed by atoms with Crippen molar-refractivity contribution in [3.8, 4) is 0 Å². The van der Waals surface area contributed by atoms with Crippen LogP contribution in [0.2, 0.25) is 0 Å². The molecule has 0 aliphatic carbocycles. The molecule has 13 heavy (non-hydrogen) atoms. The van der Waals surface area contributed by atoms with E-state index in [9.17, 15) is 5.11 Å². The number of fused-ring (bicyclic) bond motifs is 3. The number of aliphatic hydroxyl groups excluding tert-OH is 1. The first-order valence-electron chi connectivity index (χ1n) is 4.89. The monoisotopic (exact) mass is 186 g/mol. The van der Waals surface area contributed by atoms with Crippen molar-refractivity contribution in [3.63, 3.8) is 0 Å². The lowest BCUT2D eigenvalue weighted by Gasteiger charge is -2.31. The summed E-state index contributed by atoms with van der Waals surface area (Å²) in [6.45, 7) is 1.83. The first kappa shape index (κ1) is 8.17. The van der Waals surface area contributed by atoms with Gasteiger partial charge in [0.25, 0.3) is 0 Å². The van der Waals surface area contributed by atoms with Crippen LogP contribution in [-0.4, -0.2) is 43.4 Å². The third kappa shape index (κ3) is 1.13. The van der Waals surface area contributed by atoms with Crippen molar-refractivity contribution in [1.29, 1.82) is 0 Å². The molecule has 0 radical (unpaired) electrons. The minimum absolute atomic E-state index is 0.0547. The van der Waals surface area contributed by atoms with E-state index in [2.05, 4.69) is 0 Å². The van der Waals surface area contributed by atoms with Crippen molar-refractivity contribution in [2.75, 3.05) is 19.8 Å². The number of aliphatic hydroxyl groups is 1. The highest BCUT2D eigenvalue weighted by Crippen LogP contribution is 2.43. The van der Waals surface area contributed by atoms with Crippen molar-refractivity contribution in [2.45, 2.75) is 24.9 Å². The van der Waals surface area contributed by atoms with Gasteiger partial charge in [0.1, 0.15) is 0 Å². The second kappa shape index (κ2) is 2.92. The molecule has 4 nitrogen and oxygen atoms in total. The van der Waals surface area contributed by atoms with Crippen molar-refractivity contribution in [3.05, 3.63) is 0 Å². The second-order valence-corrected chi connectivity index (χ2v) is 4.05. The number of ether oxygens (including phenoxy) is 3. The summed E-state index contributed by atoms with van der Waals surface area (Å²) >= 11 is 0. The van der Waals surface area contributed by atoms with Crippen LogP contribution in [0, 0.1) is 11.8 Å². The highest BCUT2D eigenvalue weighted by atomic mass is 16.7. The summed E-state index contributed by atoms with van der Waals surface area (Å²) in [5.74, 6) is 0.630. The van der Waals surface area contributed by atoms with Gasteiger partial charge in [-0.1, -0.05) is 0 Å². The Morgan fingerprint density at radius 3 is 3.08 bits per heavy atom. The maximum Gasteiger partial charge on any atom is 0.161 e. The van der Waals surface area contributed by atoms with Gasteiger partial charge in [0, 0.05) is 11.8 Å². The quantitative estimate of drug-likeness (QED) is 0.567. The molecule has 3 heterocycles. The van der Waals surface area contributed by atoms with Crippen molar-refractivity contribution in [2.24, 2.45) is 11.8 Å². The van der Waals surface area contributed by atoms with E-state index in [0.29, 0.717) is 19.1 Å². The lowest BCUT2D eigenvalue weighted by molar-refractivity contribution is -0.153. The average Bonchev–Trinajstić information content (AvgIpc) is 2.62. The molecule has 0 aromatic heterocycles. The van der Waals surface area contributed by atoms with Crippen molar-refractivity contribution in [1.82, 2.24) is 0 Å². The molecule has 0 unspecified atom stereocenters. The lowest BCUT2D eigenvalue weighted by Crippen LogP contribution is -2.43. The Morgan fingerprint density at radius 2 is 2.15 bits per heavy atom. The zero-order valence-corrected chi connectivity index (χ0v) is 7.39. The molecule has 0 saturated carbocycles. The normalized spacial score (nSPS) is 54.7. The van der Waals surface area contributed by atoms with Crippen molar-refractivity contribution >= 4 is 0 Å². The van der Waals surface area contributed by atoms with Crippen LogP contribution in [0.1, 0.15) is 6.42 Å². The zero-order valence-electron chi connectivity index (χ0n) is 7.39. The van der Waals surface area contributed by atoms with E-state index in [1.54, 1.807) is 0 Å². The van der Waals surface area contributed by atoms with Crippen LogP contribution >= 0.6 is 0 Å². The largest absolute Gasteiger partial charge is 0.390 e. The number of rotatable bonds is 0. The predicted molar refractivity (Wildman–Crippen MR) is 43.0 cm³/mol. The summed E-state index contributed by atoms with van der Waals surface area (Å²) in [5.41, 5.74) is 0. The highest BCUT2D eigenvalue weighted by Gasteiger charge is 2.52. The molecule has 4 heteroatoms. The van der Waals surface area contributed by atoms with Crippen molar-refractivity contribution < 1.29 is 19.3 Å². The van der Waals surface area contributed by atoms with Crippen LogP contribution in [0.5, 0.6) is 0 Å². The minimum atomic E-state index is -0.365. The average molecular weight is 186 g/mol. The third-order valence-corrected chi connectivity index (χ3v) is 3.33. The van der Waals surface area contributed by atoms with Gasteiger partial charge in [-0.2, -0.15) is 0 Å². The summed E-state index contributed by atoms with van der Waals surface area (Å²) in [4.78, 5) is 0. The molecule has 3 fully saturated rings. The molecule has 3 aliphatic heterocycles. The maximum absolute atomic E-state index is 9.77. The zero-order chi connectivity index (χ0) is 8.84. The van der Waals surface area contributed by atoms with E-state index >= 15 is 0 Å². The first-order valence-corrected chi connectivity index (χ1v) is 4.89. The molecule has 5 atom stereocenters. The van der Waals surface area contributed by atoms with Gasteiger partial charge in [-0.25, -0.2) is 0 Å². The van der Waals surface area contributed by atoms with Crippen LogP contribution in [0.4, 0.5) is 0 Å². The Bertz CT molecular complexity index is 208. The molecule has 3 saturated heterocycles. The van der Waals surface area contributed by atoms with Gasteiger partial charge in [-0.05, 0) is 6.42 Å². The van der Waals surface area contributed by atoms with E-state index in [1.165, 1.54) is 0 Å². The third-order valence-electron chi connectivity index (χ3n) is 3.33. The summed E-state index contributed by atoms with van der Waals surface area (Å²) in [6.07, 6.45) is 0.629. The van der Waals surface area contributed by atoms with Crippen LogP contribution in [-0.2, 0) is 14.2 Å². The van der Waals surface area contributed by atoms with Gasteiger partial charge >= 0.3 is 0 Å². The fourth-order valence-electron chi connectivity index (χ4n) is 2.73. The SMILES string of the molecule is O[C@@H]1COC[C@@H]2O[C@H]3OCC[C@H]3[C@H]12. The maximum atomic E-state index is 9.77. The van der Waals surface area contributed by atoms with E-state index in [1.807, 2.05) is 0 Å². The Kier molecular flexibility index (Phi) is 1.83. The van der Waals surface area contributed by atoms with Gasteiger partial charge in [0.15, 0.2) is 6.29 Å². The Hall–Kier alpha value is -0.160. The standard InChI is InChI=1S/C9H14O4/c10-6-3-11-4-7-8(6)5-1-2-12-9(5)13-7/h5-10H,1-4H2/t5-,6+,7-,8+,9+/m0/s1. The first-order chi connectivity index (χ1) is 6.36. The molecule has 0 bridgehead atoms. The summed E-state index contributed by atoms with van der Waals surface area (Å²) in [7, 11) is 0. The van der Waals surface area contributed by atoms with Gasteiger partial charge in [0.05, 0.1) is 32.0 Å². The summed E-state index contributed by atoms with van der Waals surface area (Å²) in [6, 6.07) is 0. The van der Waals surface area contributed by atoms with Gasteiger partial charge in [-0.15, -0.1) is 0 Å². The van der Waals surface area contributed by atoms with E-state index in [4.69, 9.17) is 14.2 Å². The molecule has 0 aromatic rings. The molecule has 3 aliphatic rings. The topological polar surface area (TPSA) is 47.9 Å². The van der Waals surface area contributed by atoms with Crippen LogP contribution in [0.15, 0.2) is 0 Å². The molecular formula is C9H14O4. The Morgan fingerprint density at radius 1 is 1.23 bits per heavy atom. The molecule has 0 aromatic carbocycles. The molecule has 1 N–H and O–H groups in total. The Labute approximate surface area is 76.8 Å². The molecular weight excluding hydrogens is 172 g/mol. The fraction of sp³-hybridized carbons (Fsp3) is 1.00. The number of hydrogen-bond donors (Lipinski definition) is 1. The summed E-state index contributed by atoms with van der Waals surface area (Å²) < 4.78 is 16.3. The second-order valence-electron chi connectivity index (χ2n) is 4.05. The van der Waals surface area contributed by atoms with Crippen LogP contribution in [0.3, 0.4) is 0 Å². The molecule has 3 rings (SSSR count). The van der Waals surface area contributed by atoms with Crippen LogP contribution in [0.25, 0.3) is 0 Å². The van der Waals surface area contributed by atoms with Gasteiger partial charge in [0.2, 0.25) is 0 Å². The lowest BCUT2D eigenvalue weighted by atomic mass is 9.83. The van der Waals surface area contributed by atoms with E-state index in [0.717, 1.165) is 13.0 Å². The van der Waals surface area contributed by atoms with Gasteiger partial charge in [-0.3, -0.25) is 0 Å². The summed E-state index contributed by atoms with van der Waals surface area (Å²) in [5, 5.41) is 9.77. The molecule has 74 valence electrons. The fourth-order valence-corrected chi connectivity index (χ4v) is 2.73. The van der Waals surface area contributed by atoms with Gasteiger partial charge < -0.3 is 19.3 Å². The molecule has 0 spiro atoms. The highest BCUT2D eigenvalue weighted by molar-refractivity contribution is 4.95. The Balaban J connectivity index is 1.83. The van der Waals surface area contributed by atoms with E-state index in [-0.39, 0.29) is 24.4 Å². The molecule has 0 amide bonds. The van der Waals surface area contributed by atoms with E-state index < -0.39 is 0 Å². The van der Waals surface area contributed by atoms with Crippen LogP contribution < -0.4 is 0 Å². The predicted octanol–water partition coefficient (Wildman–Crippen LogP) is -0.245. The minimum Gasteiger partial charge on any atom is -0.390 e. The smallest absolute Gasteiger partial charge is 0.161 e.